The molecule has 0 amide bonds. The molecule has 0 aliphatic carbocycles. The fraction of sp³-hybridized carbons (Fsp3) is 0.0833. The zero-order chi connectivity index (χ0) is 14.0. The maximum absolute atomic E-state index is 13.3. The number of nitrogens with two attached hydrogens (primary N) is 1. The topological polar surface area (TPSA) is 48.1 Å². The van der Waals surface area contributed by atoms with Gasteiger partial charge in [0.2, 0.25) is 0 Å². The van der Waals surface area contributed by atoms with Gasteiger partial charge in [-0.2, -0.15) is 0 Å². The van der Waals surface area contributed by atoms with Gasteiger partial charge in [0, 0.05) is 17.3 Å². The van der Waals surface area contributed by atoms with Crippen LogP contribution in [0.3, 0.4) is 0 Å². The van der Waals surface area contributed by atoms with E-state index in [9.17, 15) is 17.6 Å². The summed E-state index contributed by atoms with van der Waals surface area (Å²) in [5.41, 5.74) is 5.27. The molecule has 0 radical (unpaired) electrons. The Morgan fingerprint density at radius 2 is 1.74 bits per heavy atom. The molecule has 0 unspecified atom stereocenters. The Hall–Kier alpha value is -2.31. The molecule has 0 aliphatic rings. The van der Waals surface area contributed by atoms with Crippen molar-refractivity contribution < 1.29 is 22.3 Å². The van der Waals surface area contributed by atoms with E-state index in [2.05, 4.69) is 9.72 Å². The summed E-state index contributed by atoms with van der Waals surface area (Å²) in [6.07, 6.45) is -2.78. The van der Waals surface area contributed by atoms with E-state index in [1.54, 1.807) is 0 Å². The number of aromatic nitrogens is 1. The molecule has 7 heteroatoms. The monoisotopic (exact) mass is 272 g/mol. The second-order valence-electron chi connectivity index (χ2n) is 3.63. The SMILES string of the molecule is Nc1c(F)cncc1-c1ccccc1OC(F)(F)F. The average Bonchev–Trinajstić information content (AvgIpc) is 2.32. The number of hydrogen-bond acceptors (Lipinski definition) is 3. The summed E-state index contributed by atoms with van der Waals surface area (Å²) in [6.45, 7) is 0. The minimum atomic E-state index is -4.84. The van der Waals surface area contributed by atoms with Crippen molar-refractivity contribution in [2.75, 3.05) is 5.73 Å². The Labute approximate surface area is 105 Å². The minimum Gasteiger partial charge on any atom is -0.405 e. The van der Waals surface area contributed by atoms with E-state index < -0.39 is 17.9 Å². The van der Waals surface area contributed by atoms with Crippen molar-refractivity contribution in [3.8, 4) is 16.9 Å². The Bertz CT molecular complexity index is 599. The first-order chi connectivity index (χ1) is 8.88. The highest BCUT2D eigenvalue weighted by Gasteiger charge is 2.32. The summed E-state index contributed by atoms with van der Waals surface area (Å²) in [5.74, 6) is -1.27. The summed E-state index contributed by atoms with van der Waals surface area (Å²) < 4.78 is 54.0. The van der Waals surface area contributed by atoms with Crippen LogP contribution in [0.25, 0.3) is 11.1 Å². The predicted octanol–water partition coefficient (Wildman–Crippen LogP) is 3.37. The van der Waals surface area contributed by atoms with Crippen LogP contribution in [0.15, 0.2) is 36.7 Å². The normalized spacial score (nSPS) is 11.4. The average molecular weight is 272 g/mol. The molecule has 0 aliphatic heterocycles. The first kappa shape index (κ1) is 13.1. The van der Waals surface area contributed by atoms with Gasteiger partial charge in [-0.05, 0) is 6.07 Å². The van der Waals surface area contributed by atoms with Crippen molar-refractivity contribution in [1.29, 1.82) is 0 Å². The van der Waals surface area contributed by atoms with Crippen LogP contribution in [0.4, 0.5) is 23.2 Å². The highest BCUT2D eigenvalue weighted by Crippen LogP contribution is 2.36. The van der Waals surface area contributed by atoms with Crippen LogP contribution in [0, 0.1) is 5.82 Å². The molecule has 1 heterocycles. The summed E-state index contributed by atoms with van der Waals surface area (Å²) in [5, 5.41) is 0. The number of pyridine rings is 1. The fourth-order valence-corrected chi connectivity index (χ4v) is 1.56. The third-order valence-electron chi connectivity index (χ3n) is 2.34. The van der Waals surface area contributed by atoms with Crippen LogP contribution in [0.5, 0.6) is 5.75 Å². The number of rotatable bonds is 2. The molecule has 1 aromatic carbocycles. The van der Waals surface area contributed by atoms with Crippen molar-refractivity contribution in [2.24, 2.45) is 0 Å². The van der Waals surface area contributed by atoms with Crippen LogP contribution in [0.1, 0.15) is 0 Å². The second kappa shape index (κ2) is 4.75. The molecule has 2 N–H and O–H groups in total. The molecular formula is C12H8F4N2O. The lowest BCUT2D eigenvalue weighted by Gasteiger charge is -2.14. The Morgan fingerprint density at radius 3 is 2.42 bits per heavy atom. The van der Waals surface area contributed by atoms with Crippen LogP contribution >= 0.6 is 0 Å². The first-order valence-corrected chi connectivity index (χ1v) is 5.12. The Morgan fingerprint density at radius 1 is 1.05 bits per heavy atom. The van der Waals surface area contributed by atoms with Gasteiger partial charge in [0.05, 0.1) is 11.9 Å². The smallest absolute Gasteiger partial charge is 0.405 e. The van der Waals surface area contributed by atoms with Gasteiger partial charge in [-0.25, -0.2) is 4.39 Å². The molecule has 0 saturated carbocycles. The molecule has 0 saturated heterocycles. The maximum Gasteiger partial charge on any atom is 0.573 e. The van der Waals surface area contributed by atoms with Crippen LogP contribution in [-0.4, -0.2) is 11.3 Å². The van der Waals surface area contributed by atoms with Crippen molar-refractivity contribution in [3.63, 3.8) is 0 Å². The second-order valence-corrected chi connectivity index (χ2v) is 3.63. The number of anilines is 1. The van der Waals surface area contributed by atoms with E-state index in [4.69, 9.17) is 5.73 Å². The lowest BCUT2D eigenvalue weighted by atomic mass is 10.0. The summed E-state index contributed by atoms with van der Waals surface area (Å²) in [7, 11) is 0. The Kier molecular flexibility index (Phi) is 3.28. The predicted molar refractivity (Wildman–Crippen MR) is 60.7 cm³/mol. The van der Waals surface area contributed by atoms with E-state index in [0.29, 0.717) is 0 Å². The number of alkyl halides is 3. The maximum atomic E-state index is 13.3. The van der Waals surface area contributed by atoms with Gasteiger partial charge >= 0.3 is 6.36 Å². The van der Waals surface area contributed by atoms with Crippen LogP contribution in [0.2, 0.25) is 0 Å². The van der Waals surface area contributed by atoms with Gasteiger partial charge in [-0.15, -0.1) is 13.2 Å². The largest absolute Gasteiger partial charge is 0.573 e. The third kappa shape index (κ3) is 2.93. The standard InChI is InChI=1S/C12H8F4N2O/c13-9-6-18-5-8(11(9)17)7-3-1-2-4-10(7)19-12(14,15)16/h1-6H,(H2,17,18). The molecule has 3 nitrogen and oxygen atoms in total. The summed E-state index contributed by atoms with van der Waals surface area (Å²) in [6, 6.07) is 5.32. The number of hydrogen-bond donors (Lipinski definition) is 1. The van der Waals surface area contributed by atoms with E-state index in [-0.39, 0.29) is 16.8 Å². The van der Waals surface area contributed by atoms with Gasteiger partial charge in [0.1, 0.15) is 5.75 Å². The molecule has 0 fully saturated rings. The zero-order valence-corrected chi connectivity index (χ0v) is 9.41. The highest BCUT2D eigenvalue weighted by molar-refractivity contribution is 5.79. The van der Waals surface area contributed by atoms with E-state index in [1.807, 2.05) is 0 Å². The van der Waals surface area contributed by atoms with Crippen LogP contribution < -0.4 is 10.5 Å². The van der Waals surface area contributed by atoms with Gasteiger partial charge < -0.3 is 10.5 Å². The Balaban J connectivity index is 2.54. The van der Waals surface area contributed by atoms with Crippen molar-refractivity contribution in [3.05, 3.63) is 42.5 Å². The van der Waals surface area contributed by atoms with Gasteiger partial charge in [-0.3, -0.25) is 4.98 Å². The van der Waals surface area contributed by atoms with Crippen molar-refractivity contribution >= 4 is 5.69 Å². The van der Waals surface area contributed by atoms with E-state index >= 15 is 0 Å². The number of nitrogens with zero attached hydrogens (tertiary/aromatic N) is 1. The van der Waals surface area contributed by atoms with Gasteiger partial charge in [-0.1, -0.05) is 18.2 Å². The summed E-state index contributed by atoms with van der Waals surface area (Å²) in [4.78, 5) is 3.57. The van der Waals surface area contributed by atoms with Crippen molar-refractivity contribution in [1.82, 2.24) is 4.98 Å². The molecule has 0 spiro atoms. The summed E-state index contributed by atoms with van der Waals surface area (Å²) >= 11 is 0. The number of para-hydroxylation sites is 1. The molecule has 1 aromatic heterocycles. The van der Waals surface area contributed by atoms with E-state index in [1.165, 1.54) is 24.4 Å². The quantitative estimate of drug-likeness (QED) is 0.853. The van der Waals surface area contributed by atoms with Gasteiger partial charge in [0.15, 0.2) is 5.82 Å². The number of halogens is 4. The molecule has 0 bridgehead atoms. The first-order valence-electron chi connectivity index (χ1n) is 5.12. The van der Waals surface area contributed by atoms with Crippen LogP contribution in [-0.2, 0) is 0 Å². The van der Waals surface area contributed by atoms with E-state index in [0.717, 1.165) is 12.3 Å². The number of benzene rings is 1. The lowest BCUT2D eigenvalue weighted by Crippen LogP contribution is -2.17. The number of nitrogen functional groups attached to an aromatic ring is 1. The molecule has 2 rings (SSSR count). The lowest BCUT2D eigenvalue weighted by molar-refractivity contribution is -0.274. The zero-order valence-electron chi connectivity index (χ0n) is 9.41. The van der Waals surface area contributed by atoms with Crippen molar-refractivity contribution in [2.45, 2.75) is 6.36 Å². The minimum absolute atomic E-state index is 0.0179. The number of ether oxygens (including phenoxy) is 1. The molecule has 19 heavy (non-hydrogen) atoms. The highest BCUT2D eigenvalue weighted by atomic mass is 19.4. The molecule has 0 atom stereocenters. The third-order valence-corrected chi connectivity index (χ3v) is 2.34. The fourth-order valence-electron chi connectivity index (χ4n) is 1.56. The van der Waals surface area contributed by atoms with Gasteiger partial charge in [0.25, 0.3) is 0 Å². The molecular weight excluding hydrogens is 264 g/mol. The molecule has 2 aromatic rings. The molecule has 100 valence electrons.